The van der Waals surface area contributed by atoms with E-state index in [1.807, 2.05) is 25.2 Å². The molecule has 0 aromatic heterocycles. The van der Waals surface area contributed by atoms with Crippen LogP contribution >= 0.6 is 0 Å². The van der Waals surface area contributed by atoms with Crippen LogP contribution in [-0.2, 0) is 0 Å². The van der Waals surface area contributed by atoms with Crippen molar-refractivity contribution in [1.29, 1.82) is 0 Å². The first-order chi connectivity index (χ1) is 9.42. The van der Waals surface area contributed by atoms with E-state index in [1.54, 1.807) is 6.08 Å². The Hall–Kier alpha value is -1.86. The summed E-state index contributed by atoms with van der Waals surface area (Å²) < 4.78 is 0. The van der Waals surface area contributed by atoms with Crippen LogP contribution in [0.3, 0.4) is 0 Å². The van der Waals surface area contributed by atoms with Gasteiger partial charge in [0.15, 0.2) is 0 Å². The highest BCUT2D eigenvalue weighted by Crippen LogP contribution is 2.07. The molecule has 0 amide bonds. The van der Waals surface area contributed by atoms with Gasteiger partial charge in [-0.1, -0.05) is 61.2 Å². The van der Waals surface area contributed by atoms with Crippen molar-refractivity contribution in [2.75, 3.05) is 6.54 Å². The van der Waals surface area contributed by atoms with Gasteiger partial charge in [0.05, 0.1) is 0 Å². The summed E-state index contributed by atoms with van der Waals surface area (Å²) in [4.78, 5) is 0. The van der Waals surface area contributed by atoms with E-state index in [9.17, 15) is 0 Å². The lowest BCUT2D eigenvalue weighted by molar-refractivity contribution is 1.15. The van der Waals surface area contributed by atoms with Crippen LogP contribution in [0.4, 0.5) is 0 Å². The van der Waals surface area contributed by atoms with Gasteiger partial charge in [-0.2, -0.15) is 0 Å². The fraction of sp³-hybridized carbons (Fsp3) is 0.263. The lowest BCUT2D eigenvalue weighted by atomic mass is 10.1. The summed E-state index contributed by atoms with van der Waals surface area (Å²) in [7, 11) is 0. The normalized spacial score (nSPS) is 10.9. The Bertz CT molecular complexity index is 504. The molecule has 2 N–H and O–H groups in total. The topological polar surface area (TPSA) is 26.0 Å². The van der Waals surface area contributed by atoms with Crippen LogP contribution in [0.1, 0.15) is 23.6 Å². The number of nitrogens with two attached hydrogens (primary N) is 1. The minimum absolute atomic E-state index is 0.518. The van der Waals surface area contributed by atoms with E-state index in [4.69, 9.17) is 5.73 Å². The van der Waals surface area contributed by atoms with Gasteiger partial charge in [0.1, 0.15) is 0 Å². The molecule has 108 valence electrons. The summed E-state index contributed by atoms with van der Waals surface area (Å²) in [6.07, 6.45) is 7.49. The molecule has 1 heteroatoms. The fourth-order valence-electron chi connectivity index (χ4n) is 1.45. The monoisotopic (exact) mass is 269 g/mol. The van der Waals surface area contributed by atoms with E-state index in [-0.39, 0.29) is 0 Å². The third-order valence-corrected chi connectivity index (χ3v) is 3.06. The molecule has 0 bridgehead atoms. The molecule has 0 heterocycles. The van der Waals surface area contributed by atoms with Gasteiger partial charge in [-0.05, 0) is 50.0 Å². The summed E-state index contributed by atoms with van der Waals surface area (Å²) in [6.45, 7) is 16.3. The van der Waals surface area contributed by atoms with Crippen molar-refractivity contribution in [3.8, 4) is 0 Å². The SMILES string of the molecule is C=C/C=C\C=C(/C)C(=C)CN.Cc1ccc(C)c(C)c1. The Balaban J connectivity index is 0.000000367. The molecule has 1 aromatic carbocycles. The largest absolute Gasteiger partial charge is 0.327 e. The molecule has 0 atom stereocenters. The molecule has 0 aliphatic carbocycles. The summed E-state index contributed by atoms with van der Waals surface area (Å²) in [5.41, 5.74) is 11.6. The summed E-state index contributed by atoms with van der Waals surface area (Å²) in [5.74, 6) is 0. The highest BCUT2D eigenvalue weighted by atomic mass is 14.5. The Kier molecular flexibility index (Phi) is 9.06. The van der Waals surface area contributed by atoms with Gasteiger partial charge >= 0.3 is 0 Å². The first-order valence-corrected chi connectivity index (χ1v) is 6.80. The van der Waals surface area contributed by atoms with E-state index in [0.717, 1.165) is 11.1 Å². The van der Waals surface area contributed by atoms with Gasteiger partial charge in [-0.3, -0.25) is 0 Å². The maximum Gasteiger partial charge on any atom is 0.0174 e. The van der Waals surface area contributed by atoms with Crippen molar-refractivity contribution in [1.82, 2.24) is 0 Å². The number of hydrogen-bond acceptors (Lipinski definition) is 1. The fourth-order valence-corrected chi connectivity index (χ4v) is 1.45. The van der Waals surface area contributed by atoms with Crippen molar-refractivity contribution < 1.29 is 0 Å². The number of rotatable bonds is 4. The van der Waals surface area contributed by atoms with E-state index in [1.165, 1.54) is 16.7 Å². The average molecular weight is 269 g/mol. The third kappa shape index (κ3) is 7.55. The summed E-state index contributed by atoms with van der Waals surface area (Å²) in [6, 6.07) is 6.50. The van der Waals surface area contributed by atoms with E-state index in [2.05, 4.69) is 52.1 Å². The summed E-state index contributed by atoms with van der Waals surface area (Å²) >= 11 is 0. The predicted octanol–water partition coefficient (Wildman–Crippen LogP) is 4.80. The summed E-state index contributed by atoms with van der Waals surface area (Å²) in [5, 5.41) is 0. The van der Waals surface area contributed by atoms with Crippen molar-refractivity contribution >= 4 is 0 Å². The van der Waals surface area contributed by atoms with Crippen LogP contribution < -0.4 is 5.73 Å². The quantitative estimate of drug-likeness (QED) is 0.780. The van der Waals surface area contributed by atoms with Gasteiger partial charge in [-0.15, -0.1) is 0 Å². The Morgan fingerprint density at radius 1 is 1.15 bits per heavy atom. The standard InChI is InChI=1S/C10H15N.C9H12/c1-4-5-6-7-9(2)10(3)8-11;1-7-4-5-8(2)9(3)6-7/h4-7H,1,3,8,11H2,2H3;4-6H,1-3H3/b6-5-,9-7+;. The van der Waals surface area contributed by atoms with Crippen molar-refractivity contribution in [3.05, 3.63) is 83.5 Å². The first-order valence-electron chi connectivity index (χ1n) is 6.80. The Labute approximate surface area is 124 Å². The molecule has 0 aliphatic rings. The molecular weight excluding hydrogens is 242 g/mol. The molecule has 0 unspecified atom stereocenters. The lowest BCUT2D eigenvalue weighted by Gasteiger charge is -1.98. The van der Waals surface area contributed by atoms with E-state index >= 15 is 0 Å². The molecule has 1 nitrogen and oxygen atoms in total. The van der Waals surface area contributed by atoms with Crippen LogP contribution in [0.2, 0.25) is 0 Å². The molecule has 20 heavy (non-hydrogen) atoms. The van der Waals surface area contributed by atoms with Crippen LogP contribution in [0, 0.1) is 20.8 Å². The van der Waals surface area contributed by atoms with Crippen LogP contribution in [-0.4, -0.2) is 6.54 Å². The number of benzene rings is 1. The van der Waals surface area contributed by atoms with Crippen molar-refractivity contribution in [3.63, 3.8) is 0 Å². The highest BCUT2D eigenvalue weighted by molar-refractivity contribution is 5.31. The smallest absolute Gasteiger partial charge is 0.0174 e. The van der Waals surface area contributed by atoms with Crippen LogP contribution in [0.25, 0.3) is 0 Å². The molecule has 1 rings (SSSR count). The maximum atomic E-state index is 5.39. The molecule has 0 saturated heterocycles. The average Bonchev–Trinajstić information content (AvgIpc) is 2.43. The second kappa shape index (κ2) is 9.99. The minimum atomic E-state index is 0.518. The Morgan fingerprint density at radius 3 is 2.25 bits per heavy atom. The first kappa shape index (κ1) is 18.1. The van der Waals surface area contributed by atoms with Gasteiger partial charge in [0.25, 0.3) is 0 Å². The molecule has 0 fully saturated rings. The van der Waals surface area contributed by atoms with Gasteiger partial charge in [-0.25, -0.2) is 0 Å². The van der Waals surface area contributed by atoms with E-state index < -0.39 is 0 Å². The zero-order valence-corrected chi connectivity index (χ0v) is 13.2. The molecular formula is C19H27N. The highest BCUT2D eigenvalue weighted by Gasteiger charge is 1.90. The minimum Gasteiger partial charge on any atom is -0.327 e. The number of allylic oxidation sites excluding steroid dienone is 4. The molecule has 0 radical (unpaired) electrons. The second-order valence-electron chi connectivity index (χ2n) is 4.87. The van der Waals surface area contributed by atoms with Crippen LogP contribution in [0.15, 0.2) is 66.8 Å². The van der Waals surface area contributed by atoms with Crippen LogP contribution in [0.5, 0.6) is 0 Å². The lowest BCUT2D eigenvalue weighted by Crippen LogP contribution is -2.02. The maximum absolute atomic E-state index is 5.39. The number of aryl methyl sites for hydroxylation is 3. The molecule has 0 spiro atoms. The number of hydrogen-bond donors (Lipinski definition) is 1. The zero-order chi connectivity index (χ0) is 15.5. The molecule has 1 aromatic rings. The molecule has 0 aliphatic heterocycles. The van der Waals surface area contributed by atoms with Gasteiger partial charge in [0, 0.05) is 6.54 Å². The van der Waals surface area contributed by atoms with Gasteiger partial charge < -0.3 is 5.73 Å². The zero-order valence-electron chi connectivity index (χ0n) is 13.2. The second-order valence-corrected chi connectivity index (χ2v) is 4.87. The van der Waals surface area contributed by atoms with E-state index in [0.29, 0.717) is 6.54 Å². The third-order valence-electron chi connectivity index (χ3n) is 3.06. The predicted molar refractivity (Wildman–Crippen MR) is 91.9 cm³/mol. The van der Waals surface area contributed by atoms with Crippen molar-refractivity contribution in [2.24, 2.45) is 5.73 Å². The molecule has 0 saturated carbocycles. The Morgan fingerprint density at radius 2 is 1.80 bits per heavy atom. The van der Waals surface area contributed by atoms with Crippen molar-refractivity contribution in [2.45, 2.75) is 27.7 Å². The van der Waals surface area contributed by atoms with Gasteiger partial charge in [0.2, 0.25) is 0 Å².